The molecule has 1 aromatic carbocycles. The first-order valence-electron chi connectivity index (χ1n) is 5.24. The molecule has 5 nitrogen and oxygen atoms in total. The molecule has 2 rings (SSSR count). The summed E-state index contributed by atoms with van der Waals surface area (Å²) in [5, 5.41) is 11.7. The zero-order valence-electron chi connectivity index (χ0n) is 9.94. The largest absolute Gasteiger partial charge is 0.478 e. The SMILES string of the molecule is CN(C)Nc1c(C(=O)O)cnc2ccc(Br)cc12. The number of carboxylic acid groups (broad SMARTS) is 1. The molecule has 2 aromatic rings. The number of benzene rings is 1. The number of aromatic nitrogens is 1. The molecule has 1 heterocycles. The van der Waals surface area contributed by atoms with Crippen molar-refractivity contribution in [2.24, 2.45) is 0 Å². The number of hydrogen-bond acceptors (Lipinski definition) is 4. The number of carbonyl (C=O) groups is 1. The van der Waals surface area contributed by atoms with Gasteiger partial charge in [-0.2, -0.15) is 0 Å². The third-order valence-electron chi connectivity index (χ3n) is 2.40. The molecule has 0 unspecified atom stereocenters. The van der Waals surface area contributed by atoms with E-state index in [1.54, 1.807) is 19.1 Å². The van der Waals surface area contributed by atoms with Gasteiger partial charge in [-0.1, -0.05) is 15.9 Å². The number of fused-ring (bicyclic) bond motifs is 1. The van der Waals surface area contributed by atoms with Crippen LogP contribution in [0.5, 0.6) is 0 Å². The van der Waals surface area contributed by atoms with E-state index >= 15 is 0 Å². The van der Waals surface area contributed by atoms with Crippen LogP contribution < -0.4 is 5.43 Å². The summed E-state index contributed by atoms with van der Waals surface area (Å²) in [6, 6.07) is 5.56. The van der Waals surface area contributed by atoms with E-state index < -0.39 is 5.97 Å². The van der Waals surface area contributed by atoms with Gasteiger partial charge in [-0.05, 0) is 18.2 Å². The number of pyridine rings is 1. The molecule has 0 atom stereocenters. The second-order valence-electron chi connectivity index (χ2n) is 4.02. The normalized spacial score (nSPS) is 10.9. The number of nitrogens with one attached hydrogen (secondary N) is 1. The zero-order valence-corrected chi connectivity index (χ0v) is 11.5. The highest BCUT2D eigenvalue weighted by Crippen LogP contribution is 2.28. The monoisotopic (exact) mass is 309 g/mol. The topological polar surface area (TPSA) is 65.5 Å². The molecule has 0 radical (unpaired) electrons. The molecular weight excluding hydrogens is 298 g/mol. The van der Waals surface area contributed by atoms with Crippen LogP contribution in [0.15, 0.2) is 28.9 Å². The fourth-order valence-corrected chi connectivity index (χ4v) is 2.03. The summed E-state index contributed by atoms with van der Waals surface area (Å²) in [5.74, 6) is -1.01. The molecular formula is C12H12BrN3O2. The van der Waals surface area contributed by atoms with Crippen molar-refractivity contribution in [3.8, 4) is 0 Å². The molecule has 0 saturated carbocycles. The first-order valence-corrected chi connectivity index (χ1v) is 6.04. The van der Waals surface area contributed by atoms with Gasteiger partial charge in [0, 0.05) is 30.2 Å². The third-order valence-corrected chi connectivity index (χ3v) is 2.89. The van der Waals surface area contributed by atoms with Crippen molar-refractivity contribution in [1.29, 1.82) is 0 Å². The van der Waals surface area contributed by atoms with E-state index in [4.69, 9.17) is 0 Å². The minimum absolute atomic E-state index is 0.148. The highest BCUT2D eigenvalue weighted by atomic mass is 79.9. The lowest BCUT2D eigenvalue weighted by Gasteiger charge is -2.17. The van der Waals surface area contributed by atoms with Gasteiger partial charge in [0.1, 0.15) is 5.56 Å². The molecule has 0 aliphatic heterocycles. The third kappa shape index (κ3) is 2.44. The Balaban J connectivity index is 2.74. The van der Waals surface area contributed by atoms with E-state index in [0.29, 0.717) is 5.69 Å². The number of hydrogen-bond donors (Lipinski definition) is 2. The maximum absolute atomic E-state index is 11.2. The highest BCUT2D eigenvalue weighted by molar-refractivity contribution is 9.10. The standard InChI is InChI=1S/C12H12BrN3O2/c1-16(2)15-11-8-5-7(13)3-4-10(8)14-6-9(11)12(17)18/h3-6H,1-2H3,(H,14,15)(H,17,18). The molecule has 0 saturated heterocycles. The van der Waals surface area contributed by atoms with Crippen LogP contribution in [0.25, 0.3) is 10.9 Å². The first-order chi connectivity index (χ1) is 8.49. The van der Waals surface area contributed by atoms with E-state index in [0.717, 1.165) is 15.4 Å². The fraction of sp³-hybridized carbons (Fsp3) is 0.167. The van der Waals surface area contributed by atoms with Crippen LogP contribution in [0, 0.1) is 0 Å². The molecule has 0 amide bonds. The molecule has 0 bridgehead atoms. The summed E-state index contributed by atoms with van der Waals surface area (Å²) >= 11 is 3.38. The lowest BCUT2D eigenvalue weighted by Crippen LogP contribution is -2.21. The summed E-state index contributed by atoms with van der Waals surface area (Å²) < 4.78 is 0.876. The van der Waals surface area contributed by atoms with E-state index in [1.165, 1.54) is 6.20 Å². The van der Waals surface area contributed by atoms with Crippen molar-refractivity contribution >= 4 is 38.5 Å². The predicted molar refractivity (Wildman–Crippen MR) is 73.7 cm³/mol. The summed E-state index contributed by atoms with van der Waals surface area (Å²) in [6.45, 7) is 0. The number of halogens is 1. The Kier molecular flexibility index (Phi) is 3.49. The van der Waals surface area contributed by atoms with Crippen molar-refractivity contribution in [2.75, 3.05) is 19.5 Å². The second-order valence-corrected chi connectivity index (χ2v) is 4.94. The lowest BCUT2D eigenvalue weighted by molar-refractivity contribution is 0.0697. The molecule has 0 aliphatic carbocycles. The minimum atomic E-state index is -1.01. The van der Waals surface area contributed by atoms with E-state index in [9.17, 15) is 9.90 Å². The maximum Gasteiger partial charge on any atom is 0.339 e. The van der Waals surface area contributed by atoms with E-state index in [2.05, 4.69) is 26.3 Å². The maximum atomic E-state index is 11.2. The number of nitrogens with zero attached hydrogens (tertiary/aromatic N) is 2. The number of rotatable bonds is 3. The Morgan fingerprint density at radius 1 is 1.44 bits per heavy atom. The summed E-state index contributed by atoms with van der Waals surface area (Å²) in [7, 11) is 3.60. The summed E-state index contributed by atoms with van der Waals surface area (Å²) in [5.41, 5.74) is 4.45. The lowest BCUT2D eigenvalue weighted by atomic mass is 10.1. The molecule has 0 aliphatic rings. The van der Waals surface area contributed by atoms with Gasteiger partial charge in [0.25, 0.3) is 0 Å². The van der Waals surface area contributed by atoms with Gasteiger partial charge in [0.05, 0.1) is 11.2 Å². The molecule has 2 N–H and O–H groups in total. The number of aromatic carboxylic acids is 1. The van der Waals surface area contributed by atoms with Crippen LogP contribution in [0.1, 0.15) is 10.4 Å². The van der Waals surface area contributed by atoms with Crippen LogP contribution in [0.3, 0.4) is 0 Å². The number of hydrazine groups is 1. The molecule has 0 spiro atoms. The van der Waals surface area contributed by atoms with Crippen LogP contribution in [-0.2, 0) is 0 Å². The minimum Gasteiger partial charge on any atom is -0.478 e. The first kappa shape index (κ1) is 12.8. The smallest absolute Gasteiger partial charge is 0.339 e. The molecule has 0 fully saturated rings. The van der Waals surface area contributed by atoms with Crippen LogP contribution in [-0.4, -0.2) is 35.2 Å². The molecule has 94 valence electrons. The van der Waals surface area contributed by atoms with Gasteiger partial charge in [-0.3, -0.25) is 4.98 Å². The quantitative estimate of drug-likeness (QED) is 0.853. The van der Waals surface area contributed by atoms with Gasteiger partial charge in [0.15, 0.2) is 0 Å². The van der Waals surface area contributed by atoms with Crippen molar-refractivity contribution in [1.82, 2.24) is 9.99 Å². The predicted octanol–water partition coefficient (Wildman–Crippen LogP) is 2.58. The van der Waals surface area contributed by atoms with Crippen molar-refractivity contribution in [3.05, 3.63) is 34.4 Å². The Hall–Kier alpha value is -1.66. The van der Waals surface area contributed by atoms with Gasteiger partial charge in [-0.25, -0.2) is 9.80 Å². The van der Waals surface area contributed by atoms with Gasteiger partial charge >= 0.3 is 5.97 Å². The molecule has 1 aromatic heterocycles. The summed E-state index contributed by atoms with van der Waals surface area (Å²) in [4.78, 5) is 15.4. The Bertz CT molecular complexity index is 614. The average Bonchev–Trinajstić information content (AvgIpc) is 2.28. The Labute approximate surface area is 113 Å². The van der Waals surface area contributed by atoms with Crippen LogP contribution in [0.2, 0.25) is 0 Å². The van der Waals surface area contributed by atoms with Gasteiger partial charge in [-0.15, -0.1) is 0 Å². The zero-order chi connectivity index (χ0) is 13.3. The van der Waals surface area contributed by atoms with Gasteiger partial charge in [0.2, 0.25) is 0 Å². The Morgan fingerprint density at radius 2 is 2.17 bits per heavy atom. The fourth-order valence-electron chi connectivity index (χ4n) is 1.67. The molecule has 6 heteroatoms. The average molecular weight is 310 g/mol. The number of anilines is 1. The molecule has 18 heavy (non-hydrogen) atoms. The van der Waals surface area contributed by atoms with Crippen molar-refractivity contribution in [2.45, 2.75) is 0 Å². The van der Waals surface area contributed by atoms with Gasteiger partial charge < -0.3 is 10.5 Å². The van der Waals surface area contributed by atoms with Crippen LogP contribution in [0.4, 0.5) is 5.69 Å². The van der Waals surface area contributed by atoms with E-state index in [1.807, 2.05) is 18.2 Å². The van der Waals surface area contributed by atoms with Crippen molar-refractivity contribution < 1.29 is 9.90 Å². The van der Waals surface area contributed by atoms with Crippen molar-refractivity contribution in [3.63, 3.8) is 0 Å². The highest BCUT2D eigenvalue weighted by Gasteiger charge is 2.15. The van der Waals surface area contributed by atoms with E-state index in [-0.39, 0.29) is 5.56 Å². The summed E-state index contributed by atoms with van der Waals surface area (Å²) in [6.07, 6.45) is 1.37. The Morgan fingerprint density at radius 3 is 2.78 bits per heavy atom. The van der Waals surface area contributed by atoms with Crippen LogP contribution >= 0.6 is 15.9 Å². The number of carboxylic acids is 1. The second kappa shape index (κ2) is 4.91.